The zero-order valence-electron chi connectivity index (χ0n) is 5.61. The third-order valence-electron chi connectivity index (χ3n) is 1.04. The molecule has 0 aromatic carbocycles. The Hall–Kier alpha value is -1.89. The number of nitriles is 1. The fraction of sp³-hybridized carbons (Fsp3) is 0. The number of rotatable bonds is 1. The molecule has 54 valence electrons. The van der Waals surface area contributed by atoms with Crippen molar-refractivity contribution in [2.75, 3.05) is 0 Å². The third-order valence-corrected chi connectivity index (χ3v) is 1.04. The number of aromatic nitrogens is 2. The van der Waals surface area contributed by atoms with Crippen LogP contribution in [-0.4, -0.2) is 9.97 Å². The Balaban J connectivity index is 2.92. The van der Waals surface area contributed by atoms with Gasteiger partial charge in [0.05, 0.1) is 6.07 Å². The quantitative estimate of drug-likeness (QED) is 0.581. The van der Waals surface area contributed by atoms with Crippen LogP contribution >= 0.6 is 0 Å². The summed E-state index contributed by atoms with van der Waals surface area (Å²) in [6, 6.07) is 1.83. The van der Waals surface area contributed by atoms with Crippen LogP contribution in [0, 0.1) is 11.3 Å². The van der Waals surface area contributed by atoms with E-state index in [1.54, 1.807) is 6.08 Å². The summed E-state index contributed by atoms with van der Waals surface area (Å²) < 4.78 is 0. The molecule has 0 atom stereocenters. The van der Waals surface area contributed by atoms with E-state index in [4.69, 9.17) is 5.26 Å². The maximum absolute atomic E-state index is 10.4. The minimum Gasteiger partial charge on any atom is -0.312 e. The number of allylic oxidation sites excluding steroid dienone is 1. The molecular formula is C7H5N3O. The zero-order chi connectivity index (χ0) is 8.10. The van der Waals surface area contributed by atoms with Gasteiger partial charge in [0.15, 0.2) is 0 Å². The lowest BCUT2D eigenvalue weighted by Crippen LogP contribution is -2.07. The Labute approximate surface area is 62.8 Å². The molecule has 0 fully saturated rings. The number of H-pyrrole nitrogens is 1. The molecule has 0 spiro atoms. The number of hydrogen-bond acceptors (Lipinski definition) is 3. The van der Waals surface area contributed by atoms with E-state index < -0.39 is 0 Å². The lowest BCUT2D eigenvalue weighted by atomic mass is 10.3. The summed E-state index contributed by atoms with van der Waals surface area (Å²) in [5.41, 5.74) is 0.310. The van der Waals surface area contributed by atoms with Gasteiger partial charge in [-0.25, -0.2) is 9.78 Å². The van der Waals surface area contributed by atoms with Gasteiger partial charge in [-0.1, -0.05) is 0 Å². The Morgan fingerprint density at radius 1 is 1.73 bits per heavy atom. The molecular weight excluding hydrogens is 142 g/mol. The fourth-order valence-corrected chi connectivity index (χ4v) is 0.577. The Kier molecular flexibility index (Phi) is 2.18. The minimum atomic E-state index is -0.390. The summed E-state index contributed by atoms with van der Waals surface area (Å²) in [5, 5.41) is 8.15. The molecule has 0 radical (unpaired) electrons. The maximum Gasteiger partial charge on any atom is 0.344 e. The van der Waals surface area contributed by atoms with Crippen molar-refractivity contribution in [3.8, 4) is 6.07 Å². The van der Waals surface area contributed by atoms with Crippen molar-refractivity contribution in [1.82, 2.24) is 9.97 Å². The second kappa shape index (κ2) is 3.32. The Morgan fingerprint density at radius 3 is 3.09 bits per heavy atom. The van der Waals surface area contributed by atoms with Gasteiger partial charge in [0.25, 0.3) is 0 Å². The van der Waals surface area contributed by atoms with Crippen LogP contribution in [0.5, 0.6) is 0 Å². The first-order valence-corrected chi connectivity index (χ1v) is 2.94. The number of nitrogens with one attached hydrogen (secondary N) is 1. The van der Waals surface area contributed by atoms with Crippen LogP contribution in [0.2, 0.25) is 0 Å². The first-order valence-electron chi connectivity index (χ1n) is 2.94. The van der Waals surface area contributed by atoms with E-state index in [0.717, 1.165) is 0 Å². The van der Waals surface area contributed by atoms with E-state index in [-0.39, 0.29) is 5.69 Å². The van der Waals surface area contributed by atoms with Crippen LogP contribution in [0.1, 0.15) is 5.56 Å². The second-order valence-corrected chi connectivity index (χ2v) is 1.81. The standard InChI is InChI=1S/C7H5N3O/c8-3-1-2-6-4-9-7(11)10-5-6/h1-2,4-5H,(H,9,10,11). The summed E-state index contributed by atoms with van der Waals surface area (Å²) in [5.74, 6) is 0. The summed E-state index contributed by atoms with van der Waals surface area (Å²) in [7, 11) is 0. The molecule has 11 heavy (non-hydrogen) atoms. The van der Waals surface area contributed by atoms with Gasteiger partial charge in [0, 0.05) is 24.0 Å². The zero-order valence-corrected chi connectivity index (χ0v) is 5.61. The highest BCUT2D eigenvalue weighted by Gasteiger charge is 1.84. The molecule has 1 rings (SSSR count). The molecule has 0 unspecified atom stereocenters. The van der Waals surface area contributed by atoms with Gasteiger partial charge < -0.3 is 4.98 Å². The molecule has 1 aromatic heterocycles. The lowest BCUT2D eigenvalue weighted by molar-refractivity contribution is 1.07. The Morgan fingerprint density at radius 2 is 2.55 bits per heavy atom. The van der Waals surface area contributed by atoms with Gasteiger partial charge in [-0.05, 0) is 6.08 Å². The smallest absolute Gasteiger partial charge is 0.312 e. The van der Waals surface area contributed by atoms with Crippen LogP contribution in [-0.2, 0) is 0 Å². The van der Waals surface area contributed by atoms with E-state index in [1.807, 2.05) is 6.07 Å². The molecule has 1 heterocycles. The van der Waals surface area contributed by atoms with Crippen molar-refractivity contribution in [3.05, 3.63) is 34.5 Å². The van der Waals surface area contributed by atoms with Crippen molar-refractivity contribution in [2.24, 2.45) is 0 Å². The maximum atomic E-state index is 10.4. The summed E-state index contributed by atoms with van der Waals surface area (Å²) in [6.07, 6.45) is 5.76. The van der Waals surface area contributed by atoms with Crippen LogP contribution in [0.3, 0.4) is 0 Å². The number of aromatic amines is 1. The monoisotopic (exact) mass is 147 g/mol. The molecule has 4 heteroatoms. The second-order valence-electron chi connectivity index (χ2n) is 1.81. The fourth-order valence-electron chi connectivity index (χ4n) is 0.577. The molecule has 0 bridgehead atoms. The van der Waals surface area contributed by atoms with E-state index >= 15 is 0 Å². The highest BCUT2D eigenvalue weighted by atomic mass is 16.1. The summed E-state index contributed by atoms with van der Waals surface area (Å²) in [6.45, 7) is 0. The molecule has 1 N–H and O–H groups in total. The average molecular weight is 147 g/mol. The predicted molar refractivity (Wildman–Crippen MR) is 39.5 cm³/mol. The lowest BCUT2D eigenvalue weighted by Gasteiger charge is -1.86. The van der Waals surface area contributed by atoms with E-state index in [9.17, 15) is 4.79 Å². The number of hydrogen-bond donors (Lipinski definition) is 1. The average Bonchev–Trinajstić information content (AvgIpc) is 2.04. The van der Waals surface area contributed by atoms with Gasteiger partial charge in [-0.2, -0.15) is 5.26 Å². The Bertz CT molecular complexity index is 338. The van der Waals surface area contributed by atoms with Crippen molar-refractivity contribution >= 4 is 6.08 Å². The molecule has 0 aliphatic rings. The number of nitrogens with zero attached hydrogens (tertiary/aromatic N) is 2. The minimum absolute atomic E-state index is 0.390. The van der Waals surface area contributed by atoms with Crippen molar-refractivity contribution in [2.45, 2.75) is 0 Å². The highest BCUT2D eigenvalue weighted by Crippen LogP contribution is 1.92. The van der Waals surface area contributed by atoms with Crippen LogP contribution < -0.4 is 5.69 Å². The molecule has 0 aliphatic heterocycles. The molecule has 4 nitrogen and oxygen atoms in total. The summed E-state index contributed by atoms with van der Waals surface area (Å²) >= 11 is 0. The first kappa shape index (κ1) is 7.22. The van der Waals surface area contributed by atoms with Gasteiger partial charge in [0.1, 0.15) is 0 Å². The third kappa shape index (κ3) is 2.06. The summed E-state index contributed by atoms with van der Waals surface area (Å²) in [4.78, 5) is 16.3. The predicted octanol–water partition coefficient (Wildman–Crippen LogP) is 0.307. The first-order chi connectivity index (χ1) is 5.33. The van der Waals surface area contributed by atoms with Gasteiger partial charge in [0.2, 0.25) is 0 Å². The van der Waals surface area contributed by atoms with Crippen molar-refractivity contribution < 1.29 is 0 Å². The van der Waals surface area contributed by atoms with Crippen LogP contribution in [0.25, 0.3) is 6.08 Å². The van der Waals surface area contributed by atoms with Crippen molar-refractivity contribution in [1.29, 1.82) is 5.26 Å². The van der Waals surface area contributed by atoms with Crippen LogP contribution in [0.4, 0.5) is 0 Å². The van der Waals surface area contributed by atoms with E-state index in [1.165, 1.54) is 18.5 Å². The van der Waals surface area contributed by atoms with E-state index in [0.29, 0.717) is 5.56 Å². The molecule has 1 aromatic rings. The molecule has 0 saturated carbocycles. The van der Waals surface area contributed by atoms with Crippen molar-refractivity contribution in [3.63, 3.8) is 0 Å². The molecule has 0 aliphatic carbocycles. The topological polar surface area (TPSA) is 69.5 Å². The van der Waals surface area contributed by atoms with Gasteiger partial charge >= 0.3 is 5.69 Å². The SMILES string of the molecule is N#CC=Cc1cnc(=O)[nH]c1. The highest BCUT2D eigenvalue weighted by molar-refractivity contribution is 5.48. The molecule has 0 amide bonds. The van der Waals surface area contributed by atoms with Crippen LogP contribution in [0.15, 0.2) is 23.3 Å². The van der Waals surface area contributed by atoms with Gasteiger partial charge in [-0.3, -0.25) is 0 Å². The van der Waals surface area contributed by atoms with E-state index in [2.05, 4.69) is 9.97 Å². The normalized spacial score (nSPS) is 9.73. The molecule has 0 saturated heterocycles. The largest absolute Gasteiger partial charge is 0.344 e. The van der Waals surface area contributed by atoms with Gasteiger partial charge in [-0.15, -0.1) is 0 Å².